The molecule has 0 saturated heterocycles. The number of nitrogen functional groups attached to an aromatic ring is 1. The van der Waals surface area contributed by atoms with Gasteiger partial charge >= 0.3 is 0 Å². The van der Waals surface area contributed by atoms with Gasteiger partial charge in [-0.15, -0.1) is 0 Å². The summed E-state index contributed by atoms with van der Waals surface area (Å²) in [5.41, 5.74) is 7.91. The Morgan fingerprint density at radius 3 is 2.78 bits per heavy atom. The fourth-order valence-electron chi connectivity index (χ4n) is 3.32. The Hall–Kier alpha value is -1.84. The third-order valence-electron chi connectivity index (χ3n) is 4.31. The van der Waals surface area contributed by atoms with Gasteiger partial charge in [0.1, 0.15) is 5.76 Å². The van der Waals surface area contributed by atoms with Crippen LogP contribution >= 0.6 is 0 Å². The molecule has 18 heavy (non-hydrogen) atoms. The van der Waals surface area contributed by atoms with E-state index in [-0.39, 0.29) is 0 Å². The summed E-state index contributed by atoms with van der Waals surface area (Å²) in [4.78, 5) is 4.15. The normalized spacial score (nSPS) is 29.2. The van der Waals surface area contributed by atoms with Crippen molar-refractivity contribution in [1.29, 1.82) is 0 Å². The Labute approximate surface area is 105 Å². The van der Waals surface area contributed by atoms with Gasteiger partial charge in [-0.1, -0.05) is 11.2 Å². The molecule has 2 atom stereocenters. The maximum atomic E-state index is 5.95. The highest BCUT2D eigenvalue weighted by atomic mass is 16.5. The van der Waals surface area contributed by atoms with Crippen LogP contribution in [0.5, 0.6) is 0 Å². The number of nitrogens with two attached hydrogens (primary N) is 1. The second-order valence-corrected chi connectivity index (χ2v) is 5.47. The third-order valence-corrected chi connectivity index (χ3v) is 4.31. The van der Waals surface area contributed by atoms with Crippen LogP contribution < -0.4 is 5.73 Å². The monoisotopic (exact) mass is 241 g/mol. The highest BCUT2D eigenvalue weighted by Gasteiger charge is 2.48. The van der Waals surface area contributed by atoms with Crippen LogP contribution in [-0.2, 0) is 0 Å². The molecule has 2 aliphatic carbocycles. The summed E-state index contributed by atoms with van der Waals surface area (Å²) < 4.78 is 5.50. The first kappa shape index (κ1) is 10.1. The first-order valence-electron chi connectivity index (χ1n) is 6.48. The minimum Gasteiger partial charge on any atom is -0.380 e. The largest absolute Gasteiger partial charge is 0.380 e. The molecule has 4 rings (SSSR count). The number of hydrogen-bond acceptors (Lipinski definition) is 4. The van der Waals surface area contributed by atoms with Gasteiger partial charge in [0.15, 0.2) is 5.82 Å². The highest BCUT2D eigenvalue weighted by molar-refractivity contribution is 5.75. The standard InChI is InChI=1S/C14H15N3O/c15-14-12(8-2-1-3-16-7-8)13(18-17-14)11-5-9-4-10(9)6-11/h1-3,7,9-11H,4-6H2,(H2,15,17). The number of nitrogens with zero attached hydrogens (tertiary/aromatic N) is 2. The van der Waals surface area contributed by atoms with E-state index in [1.807, 2.05) is 18.3 Å². The van der Waals surface area contributed by atoms with Crippen LogP contribution in [-0.4, -0.2) is 10.1 Å². The minimum atomic E-state index is 0.485. The van der Waals surface area contributed by atoms with E-state index in [0.717, 1.165) is 28.7 Å². The lowest BCUT2D eigenvalue weighted by Crippen LogP contribution is -1.97. The Kier molecular flexibility index (Phi) is 2.01. The predicted molar refractivity (Wildman–Crippen MR) is 67.7 cm³/mol. The van der Waals surface area contributed by atoms with Crippen molar-refractivity contribution in [2.24, 2.45) is 11.8 Å². The SMILES string of the molecule is Nc1noc(C2CC3CC3C2)c1-c1cccnc1. The van der Waals surface area contributed by atoms with E-state index in [1.54, 1.807) is 6.20 Å². The first-order valence-corrected chi connectivity index (χ1v) is 6.48. The zero-order valence-electron chi connectivity index (χ0n) is 10.0. The quantitative estimate of drug-likeness (QED) is 0.878. The van der Waals surface area contributed by atoms with E-state index < -0.39 is 0 Å². The molecule has 2 aliphatic rings. The molecule has 0 amide bonds. The molecular formula is C14H15N3O. The van der Waals surface area contributed by atoms with Gasteiger partial charge in [0.25, 0.3) is 0 Å². The number of aromatic nitrogens is 2. The van der Waals surface area contributed by atoms with Crippen LogP contribution in [0.15, 0.2) is 29.0 Å². The van der Waals surface area contributed by atoms with Gasteiger partial charge in [-0.2, -0.15) is 0 Å². The molecule has 2 heterocycles. The molecule has 2 aromatic heterocycles. The minimum absolute atomic E-state index is 0.485. The smallest absolute Gasteiger partial charge is 0.175 e. The lowest BCUT2D eigenvalue weighted by atomic mass is 9.94. The second kappa shape index (κ2) is 3.57. The Morgan fingerprint density at radius 1 is 1.22 bits per heavy atom. The zero-order valence-corrected chi connectivity index (χ0v) is 10.0. The van der Waals surface area contributed by atoms with Crippen molar-refractivity contribution in [2.45, 2.75) is 25.2 Å². The van der Waals surface area contributed by atoms with Gasteiger partial charge < -0.3 is 10.3 Å². The Balaban J connectivity index is 1.76. The molecule has 2 unspecified atom stereocenters. The summed E-state index contributed by atoms with van der Waals surface area (Å²) >= 11 is 0. The summed E-state index contributed by atoms with van der Waals surface area (Å²) in [5, 5.41) is 3.95. The van der Waals surface area contributed by atoms with Crippen LogP contribution in [0.3, 0.4) is 0 Å². The van der Waals surface area contributed by atoms with E-state index in [0.29, 0.717) is 11.7 Å². The van der Waals surface area contributed by atoms with Crippen molar-refractivity contribution >= 4 is 5.82 Å². The molecule has 0 aromatic carbocycles. The number of fused-ring (bicyclic) bond motifs is 1. The van der Waals surface area contributed by atoms with Crippen LogP contribution in [0, 0.1) is 11.8 Å². The topological polar surface area (TPSA) is 64.9 Å². The second-order valence-electron chi connectivity index (χ2n) is 5.47. The third kappa shape index (κ3) is 1.45. The number of rotatable bonds is 2. The van der Waals surface area contributed by atoms with E-state index in [1.165, 1.54) is 19.3 Å². The summed E-state index contributed by atoms with van der Waals surface area (Å²) in [6.07, 6.45) is 7.45. The zero-order chi connectivity index (χ0) is 12.1. The number of anilines is 1. The first-order chi connectivity index (χ1) is 8.83. The van der Waals surface area contributed by atoms with Crippen molar-refractivity contribution in [3.63, 3.8) is 0 Å². The molecule has 4 heteroatoms. The van der Waals surface area contributed by atoms with Gasteiger partial charge in [-0.05, 0) is 37.2 Å². The summed E-state index contributed by atoms with van der Waals surface area (Å²) in [5.74, 6) is 3.78. The fraction of sp³-hybridized carbons (Fsp3) is 0.429. The van der Waals surface area contributed by atoms with Crippen LogP contribution in [0.25, 0.3) is 11.1 Å². The predicted octanol–water partition coefficient (Wildman–Crippen LogP) is 2.83. The van der Waals surface area contributed by atoms with Gasteiger partial charge in [0, 0.05) is 23.9 Å². The maximum absolute atomic E-state index is 5.95. The van der Waals surface area contributed by atoms with Gasteiger partial charge in [0.2, 0.25) is 0 Å². The van der Waals surface area contributed by atoms with Crippen LogP contribution in [0.1, 0.15) is 30.9 Å². The van der Waals surface area contributed by atoms with Crippen molar-refractivity contribution in [2.75, 3.05) is 5.73 Å². The number of pyridine rings is 1. The van der Waals surface area contributed by atoms with Crippen LogP contribution in [0.4, 0.5) is 5.82 Å². The molecule has 0 radical (unpaired) electrons. The Morgan fingerprint density at radius 2 is 2.06 bits per heavy atom. The molecule has 2 saturated carbocycles. The van der Waals surface area contributed by atoms with Crippen molar-refractivity contribution in [1.82, 2.24) is 10.1 Å². The highest BCUT2D eigenvalue weighted by Crippen LogP contribution is 2.58. The molecule has 4 nitrogen and oxygen atoms in total. The maximum Gasteiger partial charge on any atom is 0.175 e. The number of hydrogen-bond donors (Lipinski definition) is 1. The van der Waals surface area contributed by atoms with E-state index in [4.69, 9.17) is 10.3 Å². The van der Waals surface area contributed by atoms with E-state index in [9.17, 15) is 0 Å². The lowest BCUT2D eigenvalue weighted by molar-refractivity contribution is 0.356. The summed E-state index contributed by atoms with van der Waals surface area (Å²) in [6, 6.07) is 3.92. The average molecular weight is 241 g/mol. The van der Waals surface area contributed by atoms with Crippen molar-refractivity contribution in [3.05, 3.63) is 30.3 Å². The van der Waals surface area contributed by atoms with Crippen molar-refractivity contribution in [3.8, 4) is 11.1 Å². The van der Waals surface area contributed by atoms with Crippen LogP contribution in [0.2, 0.25) is 0 Å². The molecule has 0 aliphatic heterocycles. The molecular weight excluding hydrogens is 226 g/mol. The summed E-state index contributed by atoms with van der Waals surface area (Å²) in [7, 11) is 0. The van der Waals surface area contributed by atoms with Gasteiger partial charge in [-0.3, -0.25) is 4.98 Å². The van der Waals surface area contributed by atoms with Gasteiger partial charge in [0.05, 0.1) is 5.56 Å². The fourth-order valence-corrected chi connectivity index (χ4v) is 3.32. The molecule has 2 N–H and O–H groups in total. The Bertz CT molecular complexity index is 568. The molecule has 2 fully saturated rings. The molecule has 92 valence electrons. The van der Waals surface area contributed by atoms with E-state index >= 15 is 0 Å². The molecule has 2 aromatic rings. The lowest BCUT2D eigenvalue weighted by Gasteiger charge is -2.10. The van der Waals surface area contributed by atoms with Gasteiger partial charge in [-0.25, -0.2) is 0 Å². The summed E-state index contributed by atoms with van der Waals surface area (Å²) in [6.45, 7) is 0. The average Bonchev–Trinajstić information content (AvgIpc) is 2.85. The van der Waals surface area contributed by atoms with E-state index in [2.05, 4.69) is 10.1 Å². The molecule has 0 bridgehead atoms. The van der Waals surface area contributed by atoms with Crippen molar-refractivity contribution < 1.29 is 4.52 Å². The molecule has 0 spiro atoms.